The maximum absolute atomic E-state index is 11.9. The first kappa shape index (κ1) is 9.66. The lowest BCUT2D eigenvalue weighted by molar-refractivity contribution is 0.0759. The van der Waals surface area contributed by atoms with Crippen molar-refractivity contribution in [3.63, 3.8) is 0 Å². The van der Waals surface area contributed by atoms with Crippen LogP contribution >= 0.6 is 0 Å². The van der Waals surface area contributed by atoms with Gasteiger partial charge in [-0.25, -0.2) is 0 Å². The van der Waals surface area contributed by atoms with Crippen molar-refractivity contribution in [3.05, 3.63) is 30.1 Å². The lowest BCUT2D eigenvalue weighted by Crippen LogP contribution is -2.35. The molecule has 1 aliphatic heterocycles. The quantitative estimate of drug-likeness (QED) is 0.686. The van der Waals surface area contributed by atoms with Crippen LogP contribution < -0.4 is 0 Å². The second-order valence-corrected chi connectivity index (χ2v) is 3.50. The summed E-state index contributed by atoms with van der Waals surface area (Å²) in [4.78, 5) is 17.5. The Bertz CT molecular complexity index is 396. The van der Waals surface area contributed by atoms with Crippen LogP contribution in [0.15, 0.2) is 24.4 Å². The number of amides is 1. The van der Waals surface area contributed by atoms with Crippen molar-refractivity contribution in [2.24, 2.45) is 0 Å². The van der Waals surface area contributed by atoms with E-state index in [0.29, 0.717) is 12.2 Å². The second kappa shape index (κ2) is 4.09. The molecule has 0 aliphatic carbocycles. The van der Waals surface area contributed by atoms with E-state index in [4.69, 9.17) is 5.26 Å². The third kappa shape index (κ3) is 1.82. The predicted octanol–water partition coefficient (Wildman–Crippen LogP) is 1.21. The van der Waals surface area contributed by atoms with Crippen LogP contribution in [-0.2, 0) is 0 Å². The first-order valence-corrected chi connectivity index (χ1v) is 4.94. The molecule has 1 unspecified atom stereocenters. The summed E-state index contributed by atoms with van der Waals surface area (Å²) in [5.74, 6) is -0.139. The van der Waals surface area contributed by atoms with E-state index in [9.17, 15) is 4.79 Å². The highest BCUT2D eigenvalue weighted by molar-refractivity contribution is 5.92. The Morgan fingerprint density at radius 1 is 1.60 bits per heavy atom. The molecule has 1 aliphatic rings. The summed E-state index contributed by atoms with van der Waals surface area (Å²) < 4.78 is 0. The molecule has 1 fully saturated rings. The summed E-state index contributed by atoms with van der Waals surface area (Å²) >= 11 is 0. The Morgan fingerprint density at radius 2 is 2.47 bits per heavy atom. The zero-order valence-electron chi connectivity index (χ0n) is 8.26. The monoisotopic (exact) mass is 201 g/mol. The summed E-state index contributed by atoms with van der Waals surface area (Å²) in [5, 5.41) is 8.87. The molecule has 0 spiro atoms. The molecule has 2 rings (SSSR count). The predicted molar refractivity (Wildman–Crippen MR) is 53.9 cm³/mol. The van der Waals surface area contributed by atoms with Gasteiger partial charge in [-0.1, -0.05) is 6.07 Å². The average Bonchev–Trinajstić information content (AvgIpc) is 2.77. The largest absolute Gasteiger partial charge is 0.321 e. The van der Waals surface area contributed by atoms with Crippen LogP contribution in [0.4, 0.5) is 0 Å². The van der Waals surface area contributed by atoms with E-state index in [1.165, 1.54) is 0 Å². The van der Waals surface area contributed by atoms with Gasteiger partial charge in [-0.2, -0.15) is 5.26 Å². The van der Waals surface area contributed by atoms with E-state index in [1.807, 2.05) is 0 Å². The third-order valence-corrected chi connectivity index (χ3v) is 2.55. The van der Waals surface area contributed by atoms with Gasteiger partial charge in [-0.05, 0) is 25.0 Å². The number of nitrogens with zero attached hydrogens (tertiary/aromatic N) is 3. The molecule has 0 saturated carbocycles. The lowest BCUT2D eigenvalue weighted by Gasteiger charge is -2.18. The fourth-order valence-electron chi connectivity index (χ4n) is 1.78. The molecule has 1 amide bonds. The number of carbonyl (C=O) groups is 1. The van der Waals surface area contributed by atoms with E-state index in [2.05, 4.69) is 11.1 Å². The highest BCUT2D eigenvalue weighted by atomic mass is 16.2. The van der Waals surface area contributed by atoms with Crippen molar-refractivity contribution in [2.45, 2.75) is 18.9 Å². The number of rotatable bonds is 1. The number of hydrogen-bond donors (Lipinski definition) is 0. The molecule has 76 valence electrons. The minimum Gasteiger partial charge on any atom is -0.321 e. The molecule has 0 bridgehead atoms. The number of carbonyl (C=O) groups excluding carboxylic acids is 1. The van der Waals surface area contributed by atoms with E-state index in [0.717, 1.165) is 12.8 Å². The highest BCUT2D eigenvalue weighted by Gasteiger charge is 2.29. The van der Waals surface area contributed by atoms with Gasteiger partial charge >= 0.3 is 0 Å². The van der Waals surface area contributed by atoms with Gasteiger partial charge in [-0.15, -0.1) is 0 Å². The molecule has 15 heavy (non-hydrogen) atoms. The topological polar surface area (TPSA) is 57.0 Å². The molecule has 2 heterocycles. The van der Waals surface area contributed by atoms with Crippen LogP contribution in [0.2, 0.25) is 0 Å². The standard InChI is InChI=1S/C11H11N3O/c12-8-9-4-3-7-14(9)11(15)10-5-1-2-6-13-10/h1-2,5-6,9H,3-4,7H2. The van der Waals surface area contributed by atoms with Crippen molar-refractivity contribution >= 4 is 5.91 Å². The lowest BCUT2D eigenvalue weighted by atomic mass is 10.2. The number of nitriles is 1. The highest BCUT2D eigenvalue weighted by Crippen LogP contribution is 2.18. The van der Waals surface area contributed by atoms with E-state index in [1.54, 1.807) is 29.3 Å². The van der Waals surface area contributed by atoms with E-state index < -0.39 is 0 Å². The summed E-state index contributed by atoms with van der Waals surface area (Å²) in [7, 11) is 0. The molecule has 1 aromatic rings. The summed E-state index contributed by atoms with van der Waals surface area (Å²) in [5.41, 5.74) is 0.416. The van der Waals surface area contributed by atoms with Crippen molar-refractivity contribution in [1.82, 2.24) is 9.88 Å². The zero-order valence-corrected chi connectivity index (χ0v) is 8.26. The van der Waals surface area contributed by atoms with Crippen LogP contribution in [0.5, 0.6) is 0 Å². The first-order valence-electron chi connectivity index (χ1n) is 4.94. The maximum atomic E-state index is 11.9. The second-order valence-electron chi connectivity index (χ2n) is 3.50. The van der Waals surface area contributed by atoms with Crippen LogP contribution in [0, 0.1) is 11.3 Å². The van der Waals surface area contributed by atoms with E-state index >= 15 is 0 Å². The van der Waals surface area contributed by atoms with Crippen molar-refractivity contribution in [2.75, 3.05) is 6.54 Å². The van der Waals surface area contributed by atoms with Gasteiger partial charge in [0, 0.05) is 12.7 Å². The molecule has 1 atom stereocenters. The number of pyridine rings is 1. The SMILES string of the molecule is N#CC1CCCN1C(=O)c1ccccn1. The van der Waals surface area contributed by atoms with E-state index in [-0.39, 0.29) is 11.9 Å². The van der Waals surface area contributed by atoms with Gasteiger partial charge in [0.15, 0.2) is 0 Å². The van der Waals surface area contributed by atoms with Crippen LogP contribution in [-0.4, -0.2) is 28.4 Å². The molecule has 0 N–H and O–H groups in total. The Labute approximate surface area is 88.1 Å². The number of hydrogen-bond acceptors (Lipinski definition) is 3. The Balaban J connectivity index is 2.19. The van der Waals surface area contributed by atoms with Gasteiger partial charge < -0.3 is 4.90 Å². The number of likely N-dealkylation sites (tertiary alicyclic amines) is 1. The summed E-state index contributed by atoms with van der Waals surface area (Å²) in [6.07, 6.45) is 3.26. The molecule has 1 aromatic heterocycles. The Morgan fingerprint density at radius 3 is 3.13 bits per heavy atom. The van der Waals surface area contributed by atoms with Crippen LogP contribution in [0.3, 0.4) is 0 Å². The smallest absolute Gasteiger partial charge is 0.273 e. The van der Waals surface area contributed by atoms with Gasteiger partial charge in [0.25, 0.3) is 5.91 Å². The molecule has 1 saturated heterocycles. The molecule has 0 aromatic carbocycles. The van der Waals surface area contributed by atoms with Gasteiger partial charge in [0.05, 0.1) is 6.07 Å². The fourth-order valence-corrected chi connectivity index (χ4v) is 1.78. The zero-order chi connectivity index (χ0) is 10.7. The van der Waals surface area contributed by atoms with Crippen molar-refractivity contribution in [1.29, 1.82) is 5.26 Å². The first-order chi connectivity index (χ1) is 7.33. The minimum atomic E-state index is -0.278. The summed E-state index contributed by atoms with van der Waals surface area (Å²) in [6, 6.07) is 7.08. The van der Waals surface area contributed by atoms with Crippen LogP contribution in [0.1, 0.15) is 23.3 Å². The van der Waals surface area contributed by atoms with Gasteiger partial charge in [-0.3, -0.25) is 9.78 Å². The molecule has 4 heteroatoms. The summed E-state index contributed by atoms with van der Waals surface area (Å²) in [6.45, 7) is 0.660. The minimum absolute atomic E-state index is 0.139. The molecular formula is C11H11N3O. The maximum Gasteiger partial charge on any atom is 0.273 e. The van der Waals surface area contributed by atoms with Gasteiger partial charge in [0.2, 0.25) is 0 Å². The van der Waals surface area contributed by atoms with Crippen molar-refractivity contribution in [3.8, 4) is 6.07 Å². The fraction of sp³-hybridized carbons (Fsp3) is 0.364. The van der Waals surface area contributed by atoms with Crippen LogP contribution in [0.25, 0.3) is 0 Å². The third-order valence-electron chi connectivity index (χ3n) is 2.55. The molecule has 4 nitrogen and oxygen atoms in total. The normalized spacial score (nSPS) is 19.9. The van der Waals surface area contributed by atoms with Crippen molar-refractivity contribution < 1.29 is 4.79 Å². The Hall–Kier alpha value is -1.89. The molecule has 0 radical (unpaired) electrons. The number of aromatic nitrogens is 1. The molecular weight excluding hydrogens is 190 g/mol. The Kier molecular flexibility index (Phi) is 2.64. The van der Waals surface area contributed by atoms with Gasteiger partial charge in [0.1, 0.15) is 11.7 Å². The average molecular weight is 201 g/mol.